The van der Waals surface area contributed by atoms with Gasteiger partial charge in [-0.2, -0.15) is 0 Å². The van der Waals surface area contributed by atoms with E-state index in [4.69, 9.17) is 11.1 Å². The molecule has 3 nitrogen and oxygen atoms in total. The van der Waals surface area contributed by atoms with Crippen molar-refractivity contribution in [2.45, 2.75) is 64.5 Å². The van der Waals surface area contributed by atoms with Gasteiger partial charge in [0.1, 0.15) is 0 Å². The van der Waals surface area contributed by atoms with Crippen molar-refractivity contribution in [3.05, 3.63) is 0 Å². The minimum absolute atomic E-state index is 0.332. The van der Waals surface area contributed by atoms with Crippen LogP contribution in [0.2, 0.25) is 0 Å². The molecule has 0 aromatic carbocycles. The standard InChI is InChI=1S/C12H25N3/c1-3-11(9-12(13)14)15-8-6-4-5-7-10(15)2/h10-11H,3-9H2,1-2H3,(H3,13,14). The van der Waals surface area contributed by atoms with Crippen molar-refractivity contribution in [2.75, 3.05) is 6.54 Å². The lowest BCUT2D eigenvalue weighted by Gasteiger charge is -2.34. The molecule has 3 heteroatoms. The Hall–Kier alpha value is -0.570. The molecule has 1 fully saturated rings. The van der Waals surface area contributed by atoms with Gasteiger partial charge in [0.2, 0.25) is 0 Å². The van der Waals surface area contributed by atoms with Crippen molar-refractivity contribution < 1.29 is 0 Å². The SMILES string of the molecule is CCC(CC(=N)N)N1CCCCCC1C. The van der Waals surface area contributed by atoms with Gasteiger partial charge in [-0.1, -0.05) is 19.8 Å². The molecule has 1 heterocycles. The van der Waals surface area contributed by atoms with Crippen LogP contribution in [0.15, 0.2) is 0 Å². The van der Waals surface area contributed by atoms with E-state index in [0.29, 0.717) is 17.9 Å². The average molecular weight is 211 g/mol. The second-order valence-corrected chi connectivity index (χ2v) is 4.73. The highest BCUT2D eigenvalue weighted by molar-refractivity contribution is 5.77. The predicted molar refractivity (Wildman–Crippen MR) is 65.2 cm³/mol. The molecule has 0 radical (unpaired) electrons. The fourth-order valence-corrected chi connectivity index (χ4v) is 2.59. The van der Waals surface area contributed by atoms with Crippen LogP contribution in [0.5, 0.6) is 0 Å². The van der Waals surface area contributed by atoms with E-state index in [1.54, 1.807) is 0 Å². The second-order valence-electron chi connectivity index (χ2n) is 4.73. The van der Waals surface area contributed by atoms with Gasteiger partial charge in [0.25, 0.3) is 0 Å². The zero-order chi connectivity index (χ0) is 11.3. The van der Waals surface area contributed by atoms with Crippen LogP contribution >= 0.6 is 0 Å². The summed E-state index contributed by atoms with van der Waals surface area (Å²) in [5, 5.41) is 7.42. The van der Waals surface area contributed by atoms with Crippen molar-refractivity contribution in [1.29, 1.82) is 5.41 Å². The molecule has 1 aliphatic rings. The quantitative estimate of drug-likeness (QED) is 0.554. The van der Waals surface area contributed by atoms with E-state index in [1.807, 2.05) is 0 Å². The molecule has 1 aliphatic heterocycles. The van der Waals surface area contributed by atoms with Gasteiger partial charge in [0.15, 0.2) is 0 Å². The van der Waals surface area contributed by atoms with Crippen LogP contribution in [0, 0.1) is 5.41 Å². The van der Waals surface area contributed by atoms with E-state index in [0.717, 1.165) is 12.8 Å². The monoisotopic (exact) mass is 211 g/mol. The molecule has 0 bridgehead atoms. The van der Waals surface area contributed by atoms with Crippen molar-refractivity contribution in [3.63, 3.8) is 0 Å². The van der Waals surface area contributed by atoms with E-state index in [1.165, 1.54) is 32.2 Å². The number of hydrogen-bond acceptors (Lipinski definition) is 2. The molecule has 0 aromatic rings. The lowest BCUT2D eigenvalue weighted by atomic mass is 10.1. The summed E-state index contributed by atoms with van der Waals surface area (Å²) in [6, 6.07) is 1.15. The summed E-state index contributed by atoms with van der Waals surface area (Å²) in [6.45, 7) is 5.70. The summed E-state index contributed by atoms with van der Waals surface area (Å²) >= 11 is 0. The molecule has 88 valence electrons. The first-order valence-corrected chi connectivity index (χ1v) is 6.23. The lowest BCUT2D eigenvalue weighted by molar-refractivity contribution is 0.146. The van der Waals surface area contributed by atoms with Gasteiger partial charge in [-0.05, 0) is 32.7 Å². The van der Waals surface area contributed by atoms with Gasteiger partial charge in [-0.3, -0.25) is 10.3 Å². The Morgan fingerprint density at radius 1 is 1.47 bits per heavy atom. The van der Waals surface area contributed by atoms with Crippen LogP contribution < -0.4 is 5.73 Å². The van der Waals surface area contributed by atoms with Gasteiger partial charge < -0.3 is 5.73 Å². The fourth-order valence-electron chi connectivity index (χ4n) is 2.59. The minimum Gasteiger partial charge on any atom is -0.388 e. The Labute approximate surface area is 93.5 Å². The first kappa shape index (κ1) is 12.5. The maximum atomic E-state index is 7.42. The van der Waals surface area contributed by atoms with Gasteiger partial charge >= 0.3 is 0 Å². The predicted octanol–water partition coefficient (Wildman–Crippen LogP) is 2.36. The zero-order valence-corrected chi connectivity index (χ0v) is 10.1. The van der Waals surface area contributed by atoms with Gasteiger partial charge in [-0.25, -0.2) is 0 Å². The van der Waals surface area contributed by atoms with E-state index in [2.05, 4.69) is 18.7 Å². The smallest absolute Gasteiger partial charge is 0.0921 e. The Morgan fingerprint density at radius 2 is 2.20 bits per heavy atom. The highest BCUT2D eigenvalue weighted by Crippen LogP contribution is 2.21. The Bertz CT molecular complexity index is 203. The summed E-state index contributed by atoms with van der Waals surface area (Å²) in [5.41, 5.74) is 5.52. The Morgan fingerprint density at radius 3 is 2.80 bits per heavy atom. The van der Waals surface area contributed by atoms with E-state index in [9.17, 15) is 0 Å². The molecular weight excluding hydrogens is 186 g/mol. The van der Waals surface area contributed by atoms with E-state index in [-0.39, 0.29) is 0 Å². The molecule has 3 N–H and O–H groups in total. The third-order valence-electron chi connectivity index (χ3n) is 3.50. The first-order valence-electron chi connectivity index (χ1n) is 6.23. The second kappa shape index (κ2) is 6.11. The average Bonchev–Trinajstić information content (AvgIpc) is 2.39. The summed E-state index contributed by atoms with van der Waals surface area (Å²) in [5.74, 6) is 0.332. The topological polar surface area (TPSA) is 53.1 Å². The molecule has 0 aliphatic carbocycles. The number of likely N-dealkylation sites (tertiary alicyclic amines) is 1. The zero-order valence-electron chi connectivity index (χ0n) is 10.1. The number of rotatable bonds is 4. The molecule has 0 spiro atoms. The van der Waals surface area contributed by atoms with Crippen LogP contribution in [-0.4, -0.2) is 29.4 Å². The number of nitrogens with zero attached hydrogens (tertiary/aromatic N) is 1. The third kappa shape index (κ3) is 3.82. The van der Waals surface area contributed by atoms with Crippen LogP contribution in [0.1, 0.15) is 52.4 Å². The minimum atomic E-state index is 0.332. The summed E-state index contributed by atoms with van der Waals surface area (Å²) in [7, 11) is 0. The van der Waals surface area contributed by atoms with Crippen molar-refractivity contribution >= 4 is 5.84 Å². The molecule has 1 saturated heterocycles. The Balaban J connectivity index is 2.58. The van der Waals surface area contributed by atoms with Crippen LogP contribution in [0.4, 0.5) is 0 Å². The molecule has 1 rings (SSSR count). The van der Waals surface area contributed by atoms with E-state index < -0.39 is 0 Å². The van der Waals surface area contributed by atoms with Gasteiger partial charge in [0, 0.05) is 18.5 Å². The summed E-state index contributed by atoms with van der Waals surface area (Å²) < 4.78 is 0. The molecular formula is C12H25N3. The number of nitrogens with one attached hydrogen (secondary N) is 1. The van der Waals surface area contributed by atoms with Crippen molar-refractivity contribution in [3.8, 4) is 0 Å². The number of nitrogens with two attached hydrogens (primary N) is 1. The van der Waals surface area contributed by atoms with Crippen molar-refractivity contribution in [2.24, 2.45) is 5.73 Å². The molecule has 15 heavy (non-hydrogen) atoms. The number of amidine groups is 1. The highest BCUT2D eigenvalue weighted by Gasteiger charge is 2.23. The molecule has 0 amide bonds. The Kier molecular flexibility index (Phi) is 5.09. The lowest BCUT2D eigenvalue weighted by Crippen LogP contribution is -2.43. The van der Waals surface area contributed by atoms with Gasteiger partial charge in [0.05, 0.1) is 5.84 Å². The fraction of sp³-hybridized carbons (Fsp3) is 0.917. The maximum Gasteiger partial charge on any atom is 0.0921 e. The number of hydrogen-bond donors (Lipinski definition) is 2. The highest BCUT2D eigenvalue weighted by atomic mass is 15.2. The van der Waals surface area contributed by atoms with Gasteiger partial charge in [-0.15, -0.1) is 0 Å². The summed E-state index contributed by atoms with van der Waals surface area (Å²) in [6.07, 6.45) is 7.16. The molecule has 0 saturated carbocycles. The van der Waals surface area contributed by atoms with Crippen LogP contribution in [0.25, 0.3) is 0 Å². The normalized spacial score (nSPS) is 25.9. The molecule has 2 unspecified atom stereocenters. The van der Waals surface area contributed by atoms with Crippen LogP contribution in [-0.2, 0) is 0 Å². The molecule has 2 atom stereocenters. The third-order valence-corrected chi connectivity index (χ3v) is 3.50. The largest absolute Gasteiger partial charge is 0.388 e. The molecule has 0 aromatic heterocycles. The summed E-state index contributed by atoms with van der Waals surface area (Å²) in [4.78, 5) is 2.56. The first-order chi connectivity index (χ1) is 7.15. The van der Waals surface area contributed by atoms with E-state index >= 15 is 0 Å². The van der Waals surface area contributed by atoms with Crippen LogP contribution in [0.3, 0.4) is 0 Å². The maximum absolute atomic E-state index is 7.42. The van der Waals surface area contributed by atoms with Crippen molar-refractivity contribution in [1.82, 2.24) is 4.90 Å².